The van der Waals surface area contributed by atoms with Crippen molar-refractivity contribution in [1.29, 1.82) is 0 Å². The molecule has 0 aliphatic carbocycles. The Hall–Kier alpha value is -1.02. The number of benzene rings is 1. The van der Waals surface area contributed by atoms with Crippen molar-refractivity contribution in [2.45, 2.75) is 58.5 Å². The molecule has 106 valence electrons. The van der Waals surface area contributed by atoms with E-state index in [1.165, 1.54) is 43.5 Å². The van der Waals surface area contributed by atoms with E-state index in [1.54, 1.807) is 0 Å². The lowest BCUT2D eigenvalue weighted by Gasteiger charge is -2.25. The SMILES string of the molecule is CCNC(C)CCCCN1c2ccccc2CC1C. The second-order valence-corrected chi connectivity index (χ2v) is 5.83. The van der Waals surface area contributed by atoms with Gasteiger partial charge in [0.05, 0.1) is 0 Å². The molecule has 2 rings (SSSR count). The molecule has 19 heavy (non-hydrogen) atoms. The van der Waals surface area contributed by atoms with Crippen LogP contribution in [0.1, 0.15) is 45.6 Å². The molecule has 2 nitrogen and oxygen atoms in total. The van der Waals surface area contributed by atoms with Crippen LogP contribution in [0.15, 0.2) is 24.3 Å². The largest absolute Gasteiger partial charge is 0.368 e. The van der Waals surface area contributed by atoms with Gasteiger partial charge in [0.15, 0.2) is 0 Å². The molecule has 0 fully saturated rings. The van der Waals surface area contributed by atoms with E-state index in [-0.39, 0.29) is 0 Å². The molecule has 1 N–H and O–H groups in total. The number of nitrogens with one attached hydrogen (secondary N) is 1. The van der Waals surface area contributed by atoms with Gasteiger partial charge < -0.3 is 10.2 Å². The minimum absolute atomic E-state index is 0.660. The maximum atomic E-state index is 3.48. The molecule has 0 amide bonds. The molecule has 2 unspecified atom stereocenters. The van der Waals surface area contributed by atoms with Gasteiger partial charge in [-0.15, -0.1) is 0 Å². The molecule has 0 saturated heterocycles. The maximum absolute atomic E-state index is 3.48. The normalized spacial score (nSPS) is 19.5. The summed E-state index contributed by atoms with van der Waals surface area (Å²) in [5.74, 6) is 0. The summed E-state index contributed by atoms with van der Waals surface area (Å²) in [4.78, 5) is 2.59. The molecule has 0 radical (unpaired) electrons. The Labute approximate surface area is 118 Å². The number of hydrogen-bond acceptors (Lipinski definition) is 2. The topological polar surface area (TPSA) is 15.3 Å². The highest BCUT2D eigenvalue weighted by Crippen LogP contribution is 2.31. The van der Waals surface area contributed by atoms with Gasteiger partial charge >= 0.3 is 0 Å². The molecule has 1 aliphatic heterocycles. The molecule has 0 saturated carbocycles. The smallest absolute Gasteiger partial charge is 0.0402 e. The molecule has 1 aliphatic rings. The van der Waals surface area contributed by atoms with Crippen molar-refractivity contribution in [3.05, 3.63) is 29.8 Å². The third-order valence-electron chi connectivity index (χ3n) is 4.19. The molecule has 1 heterocycles. The predicted molar refractivity (Wildman–Crippen MR) is 83.9 cm³/mol. The first-order chi connectivity index (χ1) is 9.22. The Kier molecular flexibility index (Phi) is 5.26. The van der Waals surface area contributed by atoms with Crippen molar-refractivity contribution in [2.24, 2.45) is 0 Å². The van der Waals surface area contributed by atoms with E-state index in [0.717, 1.165) is 6.54 Å². The van der Waals surface area contributed by atoms with Crippen LogP contribution >= 0.6 is 0 Å². The van der Waals surface area contributed by atoms with Crippen molar-refractivity contribution in [3.63, 3.8) is 0 Å². The van der Waals surface area contributed by atoms with Gasteiger partial charge in [-0.3, -0.25) is 0 Å². The Bertz CT molecular complexity index is 389. The molecule has 0 aromatic heterocycles. The zero-order valence-electron chi connectivity index (χ0n) is 12.7. The van der Waals surface area contributed by atoms with Crippen LogP contribution in [0.4, 0.5) is 5.69 Å². The Balaban J connectivity index is 1.77. The first kappa shape index (κ1) is 14.4. The summed E-state index contributed by atoms with van der Waals surface area (Å²) in [6.07, 6.45) is 5.12. The van der Waals surface area contributed by atoms with Crippen LogP contribution in [0.5, 0.6) is 0 Å². The Morgan fingerprint density at radius 2 is 2.11 bits per heavy atom. The second-order valence-electron chi connectivity index (χ2n) is 5.83. The Morgan fingerprint density at radius 1 is 1.32 bits per heavy atom. The highest BCUT2D eigenvalue weighted by atomic mass is 15.2. The fourth-order valence-electron chi connectivity index (χ4n) is 3.15. The Morgan fingerprint density at radius 3 is 2.89 bits per heavy atom. The van der Waals surface area contributed by atoms with Crippen LogP contribution in [-0.4, -0.2) is 25.2 Å². The van der Waals surface area contributed by atoms with Crippen LogP contribution in [0.2, 0.25) is 0 Å². The molecule has 2 atom stereocenters. The van der Waals surface area contributed by atoms with E-state index in [1.807, 2.05) is 0 Å². The average molecular weight is 260 g/mol. The highest BCUT2D eigenvalue weighted by Gasteiger charge is 2.24. The summed E-state index contributed by atoms with van der Waals surface area (Å²) in [5.41, 5.74) is 2.99. The van der Waals surface area contributed by atoms with Crippen LogP contribution in [-0.2, 0) is 6.42 Å². The summed E-state index contributed by atoms with van der Waals surface area (Å²) in [5, 5.41) is 3.48. The fraction of sp³-hybridized carbons (Fsp3) is 0.647. The zero-order chi connectivity index (χ0) is 13.7. The molecular weight excluding hydrogens is 232 g/mol. The lowest BCUT2D eigenvalue weighted by atomic mass is 10.1. The molecular formula is C17H28N2. The minimum Gasteiger partial charge on any atom is -0.368 e. The number of anilines is 1. The number of rotatable bonds is 7. The minimum atomic E-state index is 0.660. The van der Waals surface area contributed by atoms with Crippen LogP contribution in [0.25, 0.3) is 0 Å². The molecule has 2 heteroatoms. The van der Waals surface area contributed by atoms with Crippen molar-refractivity contribution >= 4 is 5.69 Å². The summed E-state index contributed by atoms with van der Waals surface area (Å²) >= 11 is 0. The lowest BCUT2D eigenvalue weighted by molar-refractivity contribution is 0.498. The second kappa shape index (κ2) is 6.95. The summed E-state index contributed by atoms with van der Waals surface area (Å²) in [6, 6.07) is 10.2. The zero-order valence-corrected chi connectivity index (χ0v) is 12.7. The van der Waals surface area contributed by atoms with E-state index >= 15 is 0 Å². The summed E-state index contributed by atoms with van der Waals surface area (Å²) in [7, 11) is 0. The van der Waals surface area contributed by atoms with Crippen molar-refractivity contribution < 1.29 is 0 Å². The van der Waals surface area contributed by atoms with Gasteiger partial charge in [-0.05, 0) is 51.3 Å². The lowest BCUT2D eigenvalue weighted by Crippen LogP contribution is -2.30. The number of fused-ring (bicyclic) bond motifs is 1. The van der Waals surface area contributed by atoms with Gasteiger partial charge in [0.2, 0.25) is 0 Å². The van der Waals surface area contributed by atoms with Gasteiger partial charge in [-0.25, -0.2) is 0 Å². The monoisotopic (exact) mass is 260 g/mol. The fourth-order valence-corrected chi connectivity index (χ4v) is 3.15. The van der Waals surface area contributed by atoms with Crippen LogP contribution in [0.3, 0.4) is 0 Å². The van der Waals surface area contributed by atoms with Crippen LogP contribution < -0.4 is 10.2 Å². The quantitative estimate of drug-likeness (QED) is 0.754. The molecule has 0 bridgehead atoms. The van der Waals surface area contributed by atoms with Crippen molar-refractivity contribution in [3.8, 4) is 0 Å². The summed E-state index contributed by atoms with van der Waals surface area (Å²) in [6.45, 7) is 9.10. The number of nitrogens with zero attached hydrogens (tertiary/aromatic N) is 1. The standard InChI is InChI=1S/C17H28N2/c1-4-18-14(2)9-7-8-12-19-15(3)13-16-10-5-6-11-17(16)19/h5-6,10-11,14-15,18H,4,7-9,12-13H2,1-3H3. The van der Waals surface area contributed by atoms with Gasteiger partial charge in [0, 0.05) is 24.3 Å². The van der Waals surface area contributed by atoms with E-state index in [0.29, 0.717) is 12.1 Å². The maximum Gasteiger partial charge on any atom is 0.0402 e. The van der Waals surface area contributed by atoms with Crippen molar-refractivity contribution in [1.82, 2.24) is 5.32 Å². The van der Waals surface area contributed by atoms with E-state index in [9.17, 15) is 0 Å². The van der Waals surface area contributed by atoms with Gasteiger partial charge in [0.1, 0.15) is 0 Å². The molecule has 1 aromatic rings. The number of hydrogen-bond donors (Lipinski definition) is 1. The van der Waals surface area contributed by atoms with E-state index in [4.69, 9.17) is 0 Å². The summed E-state index contributed by atoms with van der Waals surface area (Å²) < 4.78 is 0. The van der Waals surface area contributed by atoms with Crippen LogP contribution in [0, 0.1) is 0 Å². The predicted octanol–water partition coefficient (Wildman–Crippen LogP) is 3.61. The third-order valence-corrected chi connectivity index (χ3v) is 4.19. The molecule has 1 aromatic carbocycles. The number of para-hydroxylation sites is 1. The van der Waals surface area contributed by atoms with Gasteiger partial charge in [0.25, 0.3) is 0 Å². The van der Waals surface area contributed by atoms with Gasteiger partial charge in [-0.2, -0.15) is 0 Å². The van der Waals surface area contributed by atoms with Gasteiger partial charge in [-0.1, -0.05) is 31.5 Å². The first-order valence-corrected chi connectivity index (χ1v) is 7.80. The van der Waals surface area contributed by atoms with E-state index < -0.39 is 0 Å². The average Bonchev–Trinajstić information content (AvgIpc) is 2.71. The first-order valence-electron chi connectivity index (χ1n) is 7.80. The highest BCUT2D eigenvalue weighted by molar-refractivity contribution is 5.59. The van der Waals surface area contributed by atoms with Crippen molar-refractivity contribution in [2.75, 3.05) is 18.0 Å². The number of unbranched alkanes of at least 4 members (excludes halogenated alkanes) is 1. The van der Waals surface area contributed by atoms with E-state index in [2.05, 4.69) is 55.3 Å². The third kappa shape index (κ3) is 3.73. The molecule has 0 spiro atoms.